The Labute approximate surface area is 74.0 Å². The van der Waals surface area contributed by atoms with Crippen molar-refractivity contribution in [1.29, 1.82) is 0 Å². The molecule has 1 N–H and O–H groups in total. The molecule has 1 aliphatic rings. The van der Waals surface area contributed by atoms with E-state index in [4.69, 9.17) is 0 Å². The summed E-state index contributed by atoms with van der Waals surface area (Å²) in [4.78, 5) is 11.6. The van der Waals surface area contributed by atoms with Crippen molar-refractivity contribution >= 4 is 5.78 Å². The molecule has 0 atom stereocenters. The van der Waals surface area contributed by atoms with E-state index in [1.807, 2.05) is 6.20 Å². The van der Waals surface area contributed by atoms with Gasteiger partial charge in [-0.15, -0.1) is 0 Å². The Morgan fingerprint density at radius 1 is 1.42 bits per heavy atom. The van der Waals surface area contributed by atoms with Crippen LogP contribution in [0.3, 0.4) is 0 Å². The van der Waals surface area contributed by atoms with Gasteiger partial charge in [0.05, 0.1) is 0 Å². The van der Waals surface area contributed by atoms with Crippen molar-refractivity contribution in [2.75, 3.05) is 6.54 Å². The van der Waals surface area contributed by atoms with Crippen LogP contribution in [0.2, 0.25) is 0 Å². The molecule has 0 saturated carbocycles. The third-order valence-electron chi connectivity index (χ3n) is 2.08. The first-order chi connectivity index (χ1) is 5.52. The van der Waals surface area contributed by atoms with E-state index < -0.39 is 0 Å². The van der Waals surface area contributed by atoms with Crippen LogP contribution in [0.15, 0.2) is 11.8 Å². The lowest BCUT2D eigenvalue weighted by Crippen LogP contribution is -2.18. The maximum atomic E-state index is 11.6. The summed E-state index contributed by atoms with van der Waals surface area (Å²) < 4.78 is 0. The van der Waals surface area contributed by atoms with Crippen molar-refractivity contribution in [2.24, 2.45) is 5.41 Å². The van der Waals surface area contributed by atoms with Crippen LogP contribution < -0.4 is 5.32 Å². The van der Waals surface area contributed by atoms with E-state index in [9.17, 15) is 4.79 Å². The number of carbonyl (C=O) groups is 1. The van der Waals surface area contributed by atoms with Gasteiger partial charge in [-0.25, -0.2) is 0 Å². The Morgan fingerprint density at radius 3 is 2.67 bits per heavy atom. The molecular formula is C10H17NO. The van der Waals surface area contributed by atoms with Crippen molar-refractivity contribution in [3.63, 3.8) is 0 Å². The first-order valence-corrected chi connectivity index (χ1v) is 4.49. The average molecular weight is 167 g/mol. The second-order valence-corrected chi connectivity index (χ2v) is 4.29. The normalized spacial score (nSPS) is 19.6. The number of Topliss-reactive ketones (excluding diaryl/α,β-unsaturated/α-hetero) is 1. The smallest absolute Gasteiger partial charge is 0.160 e. The van der Waals surface area contributed by atoms with Crippen LogP contribution in [-0.4, -0.2) is 12.3 Å². The predicted molar refractivity (Wildman–Crippen MR) is 49.8 cm³/mol. The molecule has 0 aromatic heterocycles. The average Bonchev–Trinajstić information content (AvgIpc) is 2.11. The van der Waals surface area contributed by atoms with E-state index in [1.165, 1.54) is 0 Å². The lowest BCUT2D eigenvalue weighted by Gasteiger charge is -2.20. The van der Waals surface area contributed by atoms with E-state index in [2.05, 4.69) is 26.1 Å². The van der Waals surface area contributed by atoms with Gasteiger partial charge in [-0.2, -0.15) is 0 Å². The Bertz CT molecular complexity index is 210. The van der Waals surface area contributed by atoms with E-state index in [0.29, 0.717) is 12.2 Å². The zero-order valence-electron chi connectivity index (χ0n) is 8.11. The Morgan fingerprint density at radius 2 is 2.08 bits per heavy atom. The molecule has 0 aromatic carbocycles. The van der Waals surface area contributed by atoms with Gasteiger partial charge >= 0.3 is 0 Å². The summed E-state index contributed by atoms with van der Waals surface area (Å²) in [6, 6.07) is 0. The van der Waals surface area contributed by atoms with Crippen molar-refractivity contribution in [3.8, 4) is 0 Å². The van der Waals surface area contributed by atoms with Crippen LogP contribution in [0.25, 0.3) is 0 Å². The van der Waals surface area contributed by atoms with Crippen LogP contribution in [-0.2, 0) is 4.79 Å². The van der Waals surface area contributed by atoms with Crippen LogP contribution in [0.4, 0.5) is 0 Å². The molecule has 0 saturated heterocycles. The lowest BCUT2D eigenvalue weighted by atomic mass is 9.84. The number of allylic oxidation sites excluding steroid dienone is 1. The van der Waals surface area contributed by atoms with E-state index in [-0.39, 0.29) is 5.41 Å². The van der Waals surface area contributed by atoms with Crippen molar-refractivity contribution < 1.29 is 4.79 Å². The summed E-state index contributed by atoms with van der Waals surface area (Å²) in [7, 11) is 0. The highest BCUT2D eigenvalue weighted by Gasteiger charge is 2.24. The van der Waals surface area contributed by atoms with Gasteiger partial charge in [0.25, 0.3) is 0 Å². The number of carbonyl (C=O) groups excluding carboxylic acids is 1. The summed E-state index contributed by atoms with van der Waals surface area (Å²) in [6.07, 6.45) is 3.53. The molecule has 0 amide bonds. The lowest BCUT2D eigenvalue weighted by molar-refractivity contribution is -0.116. The van der Waals surface area contributed by atoms with E-state index >= 15 is 0 Å². The van der Waals surface area contributed by atoms with Gasteiger partial charge in [0.15, 0.2) is 5.78 Å². The Balaban J connectivity index is 2.84. The van der Waals surface area contributed by atoms with Gasteiger partial charge in [-0.1, -0.05) is 20.8 Å². The summed E-state index contributed by atoms with van der Waals surface area (Å²) in [5, 5.41) is 3.15. The first-order valence-electron chi connectivity index (χ1n) is 4.49. The van der Waals surface area contributed by atoms with Gasteiger partial charge in [-0.3, -0.25) is 4.79 Å². The summed E-state index contributed by atoms with van der Waals surface area (Å²) in [5.74, 6) is 0.299. The summed E-state index contributed by atoms with van der Waals surface area (Å²) in [5.41, 5.74) is 0.911. The minimum atomic E-state index is -0.0194. The molecule has 0 aromatic rings. The highest BCUT2D eigenvalue weighted by Crippen LogP contribution is 2.27. The van der Waals surface area contributed by atoms with Gasteiger partial charge < -0.3 is 5.32 Å². The molecule has 2 heteroatoms. The monoisotopic (exact) mass is 167 g/mol. The van der Waals surface area contributed by atoms with Crippen LogP contribution in [0, 0.1) is 5.41 Å². The largest absolute Gasteiger partial charge is 0.391 e. The number of hydrogen-bond donors (Lipinski definition) is 1. The molecule has 0 aliphatic carbocycles. The van der Waals surface area contributed by atoms with Crippen LogP contribution >= 0.6 is 0 Å². The highest BCUT2D eigenvalue weighted by molar-refractivity contribution is 5.96. The fraction of sp³-hybridized carbons (Fsp3) is 0.700. The third-order valence-corrected chi connectivity index (χ3v) is 2.08. The van der Waals surface area contributed by atoms with Crippen molar-refractivity contribution in [3.05, 3.63) is 11.8 Å². The number of ketones is 1. The summed E-state index contributed by atoms with van der Waals surface area (Å²) in [6.45, 7) is 7.14. The Kier molecular flexibility index (Phi) is 2.55. The second kappa shape index (κ2) is 3.30. The predicted octanol–water partition coefficient (Wildman–Crippen LogP) is 1.87. The number of nitrogens with one attached hydrogen (secondary N) is 1. The molecule has 0 bridgehead atoms. The molecule has 1 heterocycles. The fourth-order valence-electron chi connectivity index (χ4n) is 1.38. The molecule has 0 fully saturated rings. The van der Waals surface area contributed by atoms with Crippen LogP contribution in [0.1, 0.15) is 33.6 Å². The van der Waals surface area contributed by atoms with Crippen molar-refractivity contribution in [2.45, 2.75) is 33.6 Å². The minimum Gasteiger partial charge on any atom is -0.391 e. The molecule has 68 valence electrons. The van der Waals surface area contributed by atoms with Gasteiger partial charge in [0, 0.05) is 24.7 Å². The van der Waals surface area contributed by atoms with Gasteiger partial charge in [0.2, 0.25) is 0 Å². The second-order valence-electron chi connectivity index (χ2n) is 4.29. The zero-order chi connectivity index (χ0) is 9.19. The van der Waals surface area contributed by atoms with Gasteiger partial charge in [0.1, 0.15) is 0 Å². The van der Waals surface area contributed by atoms with Crippen LogP contribution in [0.5, 0.6) is 0 Å². The molecule has 1 rings (SSSR count). The van der Waals surface area contributed by atoms with E-state index in [1.54, 1.807) is 0 Å². The maximum Gasteiger partial charge on any atom is 0.160 e. The molecule has 0 spiro atoms. The molecule has 12 heavy (non-hydrogen) atoms. The van der Waals surface area contributed by atoms with Crippen molar-refractivity contribution in [1.82, 2.24) is 5.32 Å². The maximum absolute atomic E-state index is 11.6. The van der Waals surface area contributed by atoms with Gasteiger partial charge in [-0.05, 0) is 11.8 Å². The zero-order valence-corrected chi connectivity index (χ0v) is 8.11. The molecule has 0 radical (unpaired) electrons. The standard InChI is InChI=1S/C10H17NO/c1-10(2,3)8-7-11-6-4-5-9(8)12/h7,11H,4-6H2,1-3H3. The molecule has 2 nitrogen and oxygen atoms in total. The third kappa shape index (κ3) is 2.10. The number of hydrogen-bond acceptors (Lipinski definition) is 2. The minimum absolute atomic E-state index is 0.0194. The molecule has 0 unspecified atom stereocenters. The molecular weight excluding hydrogens is 150 g/mol. The molecule has 1 aliphatic heterocycles. The topological polar surface area (TPSA) is 29.1 Å². The number of rotatable bonds is 0. The van der Waals surface area contributed by atoms with E-state index in [0.717, 1.165) is 18.5 Å². The SMILES string of the molecule is CC(C)(C)C1=CNCCCC1=O. The summed E-state index contributed by atoms with van der Waals surface area (Å²) >= 11 is 0. The highest BCUT2D eigenvalue weighted by atomic mass is 16.1. The Hall–Kier alpha value is -0.790. The first kappa shape index (κ1) is 9.30. The fourth-order valence-corrected chi connectivity index (χ4v) is 1.38. The quantitative estimate of drug-likeness (QED) is 0.596.